The summed E-state index contributed by atoms with van der Waals surface area (Å²) in [5.41, 5.74) is 2.56. The van der Waals surface area contributed by atoms with Gasteiger partial charge in [-0.1, -0.05) is 0 Å². The molecule has 2 heterocycles. The number of guanidine groups is 1. The zero-order chi connectivity index (χ0) is 20.1. The molecule has 2 aliphatic rings. The molecule has 1 aliphatic carbocycles. The maximum atomic E-state index is 12.4. The van der Waals surface area contributed by atoms with Gasteiger partial charge in [0.1, 0.15) is 0 Å². The van der Waals surface area contributed by atoms with Crippen LogP contribution in [-0.2, 0) is 17.6 Å². The minimum Gasteiger partial charge on any atom is -0.356 e. The van der Waals surface area contributed by atoms with Gasteiger partial charge in [0, 0.05) is 70.9 Å². The maximum absolute atomic E-state index is 12.4. The molecule has 1 saturated heterocycles. The van der Waals surface area contributed by atoms with Crippen molar-refractivity contribution in [2.45, 2.75) is 51.6 Å². The molecule has 3 rings (SSSR count). The molecule has 0 radical (unpaired) electrons. The topological polar surface area (TPSA) is 77.8 Å². The molecule has 0 saturated carbocycles. The maximum Gasteiger partial charge on any atom is 0.224 e. The van der Waals surface area contributed by atoms with Crippen LogP contribution in [0, 0.1) is 0 Å². The Balaban J connectivity index is 0.00000300. The van der Waals surface area contributed by atoms with Crippen LogP contribution < -0.4 is 10.6 Å². The molecule has 2 N–H and O–H groups in total. The summed E-state index contributed by atoms with van der Waals surface area (Å²) in [4.78, 5) is 20.9. The zero-order valence-electron chi connectivity index (χ0n) is 18.1. The van der Waals surface area contributed by atoms with Gasteiger partial charge >= 0.3 is 0 Å². The van der Waals surface area contributed by atoms with Crippen LogP contribution >= 0.6 is 24.0 Å². The van der Waals surface area contributed by atoms with E-state index in [1.165, 1.54) is 11.3 Å². The third-order valence-corrected chi connectivity index (χ3v) is 5.68. The van der Waals surface area contributed by atoms with Crippen molar-refractivity contribution in [3.63, 3.8) is 0 Å². The van der Waals surface area contributed by atoms with Crippen molar-refractivity contribution in [1.82, 2.24) is 30.2 Å². The third-order valence-electron chi connectivity index (χ3n) is 5.68. The van der Waals surface area contributed by atoms with E-state index in [4.69, 9.17) is 5.10 Å². The molecule has 0 bridgehead atoms. The molecule has 1 aliphatic heterocycles. The monoisotopic (exact) mass is 517 g/mol. The van der Waals surface area contributed by atoms with Crippen molar-refractivity contribution in [3.8, 4) is 0 Å². The van der Waals surface area contributed by atoms with Crippen LogP contribution in [0.25, 0.3) is 0 Å². The number of amides is 1. The van der Waals surface area contributed by atoms with Crippen LogP contribution in [0.5, 0.6) is 0 Å². The molecule has 1 atom stereocenters. The Morgan fingerprint density at radius 3 is 2.69 bits per heavy atom. The first-order chi connectivity index (χ1) is 13.5. The van der Waals surface area contributed by atoms with Crippen molar-refractivity contribution in [1.29, 1.82) is 0 Å². The van der Waals surface area contributed by atoms with Gasteiger partial charge in [0.05, 0.1) is 5.69 Å². The molecule has 1 fully saturated rings. The molecule has 1 unspecified atom stereocenters. The second kappa shape index (κ2) is 11.1. The number of halogens is 1. The summed E-state index contributed by atoms with van der Waals surface area (Å²) in [6.45, 7) is 8.49. The molecule has 9 heteroatoms. The predicted molar refractivity (Wildman–Crippen MR) is 127 cm³/mol. The Hall–Kier alpha value is -1.36. The lowest BCUT2D eigenvalue weighted by Gasteiger charge is -2.32. The van der Waals surface area contributed by atoms with E-state index >= 15 is 0 Å². The van der Waals surface area contributed by atoms with Crippen molar-refractivity contribution in [2.24, 2.45) is 4.99 Å². The Morgan fingerprint density at radius 2 is 2.03 bits per heavy atom. The average molecular weight is 517 g/mol. The average Bonchev–Trinajstić information content (AvgIpc) is 3.11. The van der Waals surface area contributed by atoms with Crippen LogP contribution in [0.2, 0.25) is 0 Å². The minimum absolute atomic E-state index is 0. The van der Waals surface area contributed by atoms with Crippen molar-refractivity contribution in [3.05, 3.63) is 17.5 Å². The summed E-state index contributed by atoms with van der Waals surface area (Å²) in [7, 11) is 3.87. The van der Waals surface area contributed by atoms with Gasteiger partial charge in [-0.2, -0.15) is 5.10 Å². The van der Waals surface area contributed by atoms with Crippen LogP contribution in [0.3, 0.4) is 0 Å². The number of carbonyl (C=O) groups excluding carboxylic acids is 1. The van der Waals surface area contributed by atoms with Crippen LogP contribution in [0.15, 0.2) is 11.2 Å². The highest BCUT2D eigenvalue weighted by Crippen LogP contribution is 2.21. The number of piperazine rings is 1. The molecule has 0 spiro atoms. The van der Waals surface area contributed by atoms with E-state index in [9.17, 15) is 4.79 Å². The summed E-state index contributed by atoms with van der Waals surface area (Å²) in [5, 5.41) is 11.5. The fourth-order valence-electron chi connectivity index (χ4n) is 3.79. The first kappa shape index (κ1) is 23.9. The highest BCUT2D eigenvalue weighted by atomic mass is 127. The van der Waals surface area contributed by atoms with Gasteiger partial charge in [-0.3, -0.25) is 14.5 Å². The van der Waals surface area contributed by atoms with E-state index in [0.29, 0.717) is 25.0 Å². The van der Waals surface area contributed by atoms with Crippen molar-refractivity contribution < 1.29 is 4.79 Å². The number of aryl methyl sites for hydroxylation is 1. The molecule has 8 nitrogen and oxygen atoms in total. The predicted octanol–water partition coefficient (Wildman–Crippen LogP) is 1.27. The highest BCUT2D eigenvalue weighted by Gasteiger charge is 2.23. The number of rotatable bonds is 5. The lowest BCUT2D eigenvalue weighted by Crippen LogP contribution is -2.49. The fourth-order valence-corrected chi connectivity index (χ4v) is 3.79. The summed E-state index contributed by atoms with van der Waals surface area (Å²) < 4.78 is 2.06. The smallest absolute Gasteiger partial charge is 0.224 e. The number of likely N-dealkylation sites (N-methyl/N-ethyl adjacent to an activating group) is 1. The molecule has 1 aromatic rings. The number of aromatic nitrogens is 2. The summed E-state index contributed by atoms with van der Waals surface area (Å²) >= 11 is 0. The van der Waals surface area contributed by atoms with Gasteiger partial charge in [0.2, 0.25) is 5.91 Å². The number of carbonyl (C=O) groups is 1. The first-order valence-corrected chi connectivity index (χ1v) is 10.5. The number of aliphatic imine (C=N–C) groups is 1. The van der Waals surface area contributed by atoms with E-state index < -0.39 is 0 Å². The Bertz CT molecular complexity index is 695. The minimum atomic E-state index is 0. The lowest BCUT2D eigenvalue weighted by molar-refractivity contribution is -0.132. The van der Waals surface area contributed by atoms with Gasteiger partial charge in [0.25, 0.3) is 0 Å². The number of nitrogens with one attached hydrogen (secondary N) is 2. The van der Waals surface area contributed by atoms with Gasteiger partial charge in [0.15, 0.2) is 5.96 Å². The standard InChI is InChI=1S/C20H35N7O.HI/c1-15(2)27-14-16-5-6-17(13-18(16)24-27)23-20(21-3)22-8-7-19(28)26-11-9-25(4)10-12-26;/h14-15,17H,5-13H2,1-4H3,(H2,21,22,23);1H. The second-order valence-electron chi connectivity index (χ2n) is 8.19. The third kappa shape index (κ3) is 6.56. The normalized spacial score (nSPS) is 20.2. The van der Waals surface area contributed by atoms with Crippen LogP contribution in [-0.4, -0.2) is 84.3 Å². The number of hydrogen-bond donors (Lipinski definition) is 2. The Morgan fingerprint density at radius 1 is 1.31 bits per heavy atom. The molecular formula is C20H36IN7O. The molecule has 164 valence electrons. The first-order valence-electron chi connectivity index (χ1n) is 10.5. The SMILES string of the molecule is CN=C(NCCC(=O)N1CCN(C)CC1)NC1CCc2cn(C(C)C)nc2C1.I. The number of hydrogen-bond acceptors (Lipinski definition) is 4. The van der Waals surface area contributed by atoms with Crippen molar-refractivity contribution >= 4 is 35.8 Å². The largest absolute Gasteiger partial charge is 0.356 e. The van der Waals surface area contributed by atoms with Gasteiger partial charge < -0.3 is 20.4 Å². The lowest BCUT2D eigenvalue weighted by atomic mass is 9.94. The van der Waals surface area contributed by atoms with Gasteiger partial charge in [-0.05, 0) is 39.3 Å². The highest BCUT2D eigenvalue weighted by molar-refractivity contribution is 14.0. The van der Waals surface area contributed by atoms with Crippen molar-refractivity contribution in [2.75, 3.05) is 46.8 Å². The second-order valence-corrected chi connectivity index (χ2v) is 8.19. The van der Waals surface area contributed by atoms with Gasteiger partial charge in [-0.25, -0.2) is 0 Å². The molecule has 1 aromatic heterocycles. The summed E-state index contributed by atoms with van der Waals surface area (Å²) in [6, 6.07) is 0.715. The number of nitrogens with zero attached hydrogens (tertiary/aromatic N) is 5. The van der Waals surface area contributed by atoms with E-state index in [1.54, 1.807) is 7.05 Å². The molecule has 1 amide bonds. The van der Waals surface area contributed by atoms with E-state index in [0.717, 1.165) is 51.4 Å². The molecule has 0 aromatic carbocycles. The zero-order valence-corrected chi connectivity index (χ0v) is 20.5. The van der Waals surface area contributed by atoms with E-state index in [2.05, 4.69) is 52.3 Å². The van der Waals surface area contributed by atoms with Crippen LogP contribution in [0.4, 0.5) is 0 Å². The summed E-state index contributed by atoms with van der Waals surface area (Å²) in [6.07, 6.45) is 5.71. The Kier molecular flexibility index (Phi) is 9.19. The van der Waals surface area contributed by atoms with Crippen LogP contribution in [0.1, 0.15) is 44.0 Å². The van der Waals surface area contributed by atoms with E-state index in [-0.39, 0.29) is 29.9 Å². The summed E-state index contributed by atoms with van der Waals surface area (Å²) in [5.74, 6) is 0.987. The Labute approximate surface area is 191 Å². The quantitative estimate of drug-likeness (QED) is 0.350. The van der Waals surface area contributed by atoms with Gasteiger partial charge in [-0.15, -0.1) is 24.0 Å². The molecule has 29 heavy (non-hydrogen) atoms. The van der Waals surface area contributed by atoms with E-state index in [1.807, 2.05) is 4.90 Å². The molecular weight excluding hydrogens is 481 g/mol. The fraction of sp³-hybridized carbons (Fsp3) is 0.750. The number of fused-ring (bicyclic) bond motifs is 1.